The number of anilines is 1. The van der Waals surface area contributed by atoms with E-state index in [0.29, 0.717) is 13.0 Å². The molecule has 30 heavy (non-hydrogen) atoms. The number of hydrogen-bond donors (Lipinski definition) is 0. The van der Waals surface area contributed by atoms with Gasteiger partial charge in [0.2, 0.25) is 5.91 Å². The molecule has 2 aliphatic rings. The number of nitrogens with zero attached hydrogens (tertiary/aromatic N) is 2. The van der Waals surface area contributed by atoms with Gasteiger partial charge in [-0.1, -0.05) is 17.7 Å². The second-order valence-electron chi connectivity index (χ2n) is 7.70. The van der Waals surface area contributed by atoms with Gasteiger partial charge in [-0.2, -0.15) is 0 Å². The number of hydrogen-bond acceptors (Lipinski definition) is 6. The van der Waals surface area contributed by atoms with Gasteiger partial charge in [0.05, 0.1) is 12.5 Å². The van der Waals surface area contributed by atoms with Gasteiger partial charge in [-0.25, -0.2) is 4.79 Å². The summed E-state index contributed by atoms with van der Waals surface area (Å²) < 4.78 is 10.3. The molecule has 2 amide bonds. The molecule has 2 aliphatic heterocycles. The molecule has 0 aromatic heterocycles. The molecule has 8 nitrogen and oxygen atoms in total. The molecule has 2 heterocycles. The Labute approximate surface area is 176 Å². The van der Waals surface area contributed by atoms with E-state index in [9.17, 15) is 19.2 Å². The first-order valence-electron chi connectivity index (χ1n) is 10.4. The van der Waals surface area contributed by atoms with Crippen LogP contribution in [0.3, 0.4) is 0 Å². The van der Waals surface area contributed by atoms with Crippen molar-refractivity contribution < 1.29 is 28.7 Å². The van der Waals surface area contributed by atoms with Crippen molar-refractivity contribution in [3.05, 3.63) is 29.8 Å². The van der Waals surface area contributed by atoms with Crippen molar-refractivity contribution in [2.24, 2.45) is 5.92 Å². The molecule has 162 valence electrons. The number of aryl methyl sites for hydroxylation is 1. The normalized spacial score (nSPS) is 21.5. The third-order valence-corrected chi connectivity index (χ3v) is 5.52. The average molecular weight is 416 g/mol. The largest absolute Gasteiger partial charge is 0.464 e. The molecular weight excluding hydrogens is 388 g/mol. The zero-order valence-electron chi connectivity index (χ0n) is 17.5. The fraction of sp³-hybridized carbons (Fsp3) is 0.545. The van der Waals surface area contributed by atoms with Crippen LogP contribution in [0.25, 0.3) is 0 Å². The Morgan fingerprint density at radius 1 is 1.07 bits per heavy atom. The highest BCUT2D eigenvalue weighted by Gasteiger charge is 2.37. The van der Waals surface area contributed by atoms with E-state index in [1.54, 1.807) is 11.8 Å². The highest BCUT2D eigenvalue weighted by atomic mass is 16.5. The van der Waals surface area contributed by atoms with Gasteiger partial charge >= 0.3 is 11.9 Å². The van der Waals surface area contributed by atoms with Crippen LogP contribution in [0.1, 0.15) is 38.2 Å². The second kappa shape index (κ2) is 9.73. The third kappa shape index (κ3) is 4.98. The van der Waals surface area contributed by atoms with Crippen LogP contribution in [-0.4, -0.2) is 61.0 Å². The molecule has 1 aromatic rings. The quantitative estimate of drug-likeness (QED) is 0.657. The van der Waals surface area contributed by atoms with Crippen LogP contribution in [0.2, 0.25) is 0 Å². The van der Waals surface area contributed by atoms with Crippen LogP contribution < -0.4 is 4.90 Å². The summed E-state index contributed by atoms with van der Waals surface area (Å²) in [5.41, 5.74) is 1.82. The zero-order valence-corrected chi connectivity index (χ0v) is 17.5. The van der Waals surface area contributed by atoms with Gasteiger partial charge in [-0.15, -0.1) is 0 Å². The van der Waals surface area contributed by atoms with Crippen molar-refractivity contribution in [1.82, 2.24) is 4.90 Å². The predicted octanol–water partition coefficient (Wildman–Crippen LogP) is 1.84. The van der Waals surface area contributed by atoms with E-state index in [2.05, 4.69) is 0 Å². The lowest BCUT2D eigenvalue weighted by Crippen LogP contribution is -2.50. The molecular formula is C22H28N2O6. The Kier molecular flexibility index (Phi) is 7.07. The first-order valence-corrected chi connectivity index (χ1v) is 10.4. The van der Waals surface area contributed by atoms with Gasteiger partial charge in [0.15, 0.2) is 6.61 Å². The highest BCUT2D eigenvalue weighted by Crippen LogP contribution is 2.26. The van der Waals surface area contributed by atoms with Crippen molar-refractivity contribution in [3.63, 3.8) is 0 Å². The molecule has 0 saturated carbocycles. The Morgan fingerprint density at radius 3 is 2.50 bits per heavy atom. The maximum atomic E-state index is 12.6. The maximum absolute atomic E-state index is 12.6. The second-order valence-corrected chi connectivity index (χ2v) is 7.70. The molecule has 2 unspecified atom stereocenters. The van der Waals surface area contributed by atoms with E-state index < -0.39 is 36.4 Å². The maximum Gasteiger partial charge on any atom is 0.328 e. The number of rotatable bonds is 6. The molecule has 2 saturated heterocycles. The van der Waals surface area contributed by atoms with Crippen LogP contribution in [-0.2, 0) is 28.7 Å². The summed E-state index contributed by atoms with van der Waals surface area (Å²) in [6.07, 6.45) is 2.22. The molecule has 3 rings (SSSR count). The van der Waals surface area contributed by atoms with E-state index in [1.807, 2.05) is 31.2 Å². The minimum atomic E-state index is -0.630. The number of ether oxygens (including phenoxy) is 2. The Balaban J connectivity index is 1.54. The molecule has 2 fully saturated rings. The minimum Gasteiger partial charge on any atom is -0.464 e. The van der Waals surface area contributed by atoms with E-state index in [1.165, 1.54) is 4.90 Å². The number of likely N-dealkylation sites (tertiary alicyclic amines) is 1. The van der Waals surface area contributed by atoms with Gasteiger partial charge in [0, 0.05) is 25.2 Å². The van der Waals surface area contributed by atoms with Gasteiger partial charge in [0.1, 0.15) is 6.04 Å². The minimum absolute atomic E-state index is 0.0517. The summed E-state index contributed by atoms with van der Waals surface area (Å²) >= 11 is 0. The molecule has 0 spiro atoms. The van der Waals surface area contributed by atoms with E-state index in [-0.39, 0.29) is 25.5 Å². The molecule has 0 aliphatic carbocycles. The van der Waals surface area contributed by atoms with E-state index in [0.717, 1.165) is 24.1 Å². The SMILES string of the molecule is CCOC(=O)C1CCCCN1C(=O)COC(=O)C1CC(=O)N(c2ccc(C)cc2)C1. The van der Waals surface area contributed by atoms with Crippen LogP contribution >= 0.6 is 0 Å². The smallest absolute Gasteiger partial charge is 0.328 e. The Hall–Kier alpha value is -2.90. The molecule has 1 aromatic carbocycles. The van der Waals surface area contributed by atoms with Crippen molar-refractivity contribution in [2.45, 2.75) is 45.6 Å². The topological polar surface area (TPSA) is 93.2 Å². The lowest BCUT2D eigenvalue weighted by molar-refractivity contribution is -0.162. The van der Waals surface area contributed by atoms with Crippen LogP contribution in [0, 0.1) is 12.8 Å². The standard InChI is InChI=1S/C22H28N2O6/c1-3-29-22(28)18-6-4-5-11-23(18)20(26)14-30-21(27)16-12-19(25)24(13-16)17-9-7-15(2)8-10-17/h7-10,16,18H,3-6,11-14H2,1-2H3. The number of carbonyl (C=O) groups excluding carboxylic acids is 4. The fourth-order valence-corrected chi connectivity index (χ4v) is 3.89. The van der Waals surface area contributed by atoms with Crippen molar-refractivity contribution in [1.29, 1.82) is 0 Å². The van der Waals surface area contributed by atoms with Gasteiger partial charge < -0.3 is 19.3 Å². The summed E-state index contributed by atoms with van der Waals surface area (Å²) in [5.74, 6) is -2.18. The fourth-order valence-electron chi connectivity index (χ4n) is 3.89. The third-order valence-electron chi connectivity index (χ3n) is 5.52. The monoisotopic (exact) mass is 416 g/mol. The van der Waals surface area contributed by atoms with Crippen molar-refractivity contribution in [3.8, 4) is 0 Å². The number of carbonyl (C=O) groups is 4. The molecule has 0 bridgehead atoms. The molecule has 0 N–H and O–H groups in total. The summed E-state index contributed by atoms with van der Waals surface area (Å²) in [5, 5.41) is 0. The van der Waals surface area contributed by atoms with Gasteiger partial charge in [0.25, 0.3) is 5.91 Å². The Bertz CT molecular complexity index is 806. The Morgan fingerprint density at radius 2 is 1.80 bits per heavy atom. The first kappa shape index (κ1) is 21.8. The first-order chi connectivity index (χ1) is 14.4. The zero-order chi connectivity index (χ0) is 21.7. The van der Waals surface area contributed by atoms with Crippen LogP contribution in [0.5, 0.6) is 0 Å². The molecule has 0 radical (unpaired) electrons. The van der Waals surface area contributed by atoms with Crippen LogP contribution in [0.15, 0.2) is 24.3 Å². The highest BCUT2D eigenvalue weighted by molar-refractivity contribution is 5.99. The van der Waals surface area contributed by atoms with Crippen molar-refractivity contribution in [2.75, 3.05) is 31.2 Å². The summed E-state index contributed by atoms with van der Waals surface area (Å²) in [7, 11) is 0. The van der Waals surface area contributed by atoms with Crippen LogP contribution in [0.4, 0.5) is 5.69 Å². The summed E-state index contributed by atoms with van der Waals surface area (Å²) in [6, 6.07) is 6.87. The average Bonchev–Trinajstić information content (AvgIpc) is 3.14. The summed E-state index contributed by atoms with van der Waals surface area (Å²) in [6.45, 7) is 4.15. The number of piperidine rings is 1. The number of benzene rings is 1. The van der Waals surface area contributed by atoms with Gasteiger partial charge in [-0.3, -0.25) is 14.4 Å². The van der Waals surface area contributed by atoms with Gasteiger partial charge in [-0.05, 0) is 45.2 Å². The number of amides is 2. The lowest BCUT2D eigenvalue weighted by atomic mass is 10.0. The number of esters is 2. The van der Waals surface area contributed by atoms with Crippen molar-refractivity contribution >= 4 is 29.4 Å². The molecule has 8 heteroatoms. The lowest BCUT2D eigenvalue weighted by Gasteiger charge is -2.33. The molecule has 2 atom stereocenters. The van der Waals surface area contributed by atoms with E-state index >= 15 is 0 Å². The predicted molar refractivity (Wildman–Crippen MR) is 109 cm³/mol. The van der Waals surface area contributed by atoms with E-state index in [4.69, 9.17) is 9.47 Å². The summed E-state index contributed by atoms with van der Waals surface area (Å²) in [4.78, 5) is 52.5.